The topological polar surface area (TPSA) is 56.7 Å². The van der Waals surface area contributed by atoms with Crippen molar-refractivity contribution in [3.63, 3.8) is 0 Å². The Bertz CT molecular complexity index is 805. The van der Waals surface area contributed by atoms with Crippen LogP contribution in [0.25, 0.3) is 22.3 Å². The first-order chi connectivity index (χ1) is 9.86. The molecule has 4 nitrogen and oxygen atoms in total. The summed E-state index contributed by atoms with van der Waals surface area (Å²) in [5, 5.41) is 3.37. The lowest BCUT2D eigenvalue weighted by atomic mass is 10.1. The van der Waals surface area contributed by atoms with Crippen molar-refractivity contribution in [1.29, 1.82) is 0 Å². The first-order valence-corrected chi connectivity index (χ1v) is 5.84. The number of alkyl halides is 3. The van der Waals surface area contributed by atoms with E-state index in [0.29, 0.717) is 5.56 Å². The lowest BCUT2D eigenvalue weighted by Crippen LogP contribution is -2.18. The van der Waals surface area contributed by atoms with E-state index >= 15 is 0 Å². The maximum Gasteiger partial charge on any atom is 0.506 e. The number of rotatable bonds is 1. The number of nitrogens with two attached hydrogens (primary N) is 1. The van der Waals surface area contributed by atoms with Crippen LogP contribution < -0.4 is 5.73 Å². The van der Waals surface area contributed by atoms with Crippen molar-refractivity contribution >= 4 is 16.9 Å². The number of anilines is 1. The molecule has 2 heterocycles. The summed E-state index contributed by atoms with van der Waals surface area (Å²) in [5.74, 6) is -0.690. The van der Waals surface area contributed by atoms with Gasteiger partial charge in [-0.15, -0.1) is 18.3 Å². The summed E-state index contributed by atoms with van der Waals surface area (Å²) in [7, 11) is 0. The van der Waals surface area contributed by atoms with Crippen LogP contribution in [-0.4, -0.2) is 14.8 Å². The molecule has 0 radical (unpaired) electrons. The molecule has 0 aliphatic rings. The summed E-state index contributed by atoms with van der Waals surface area (Å²) in [6, 6.07) is 8.19. The Labute approximate surface area is 115 Å². The lowest BCUT2D eigenvalue weighted by Gasteiger charge is -2.07. The second-order valence-electron chi connectivity index (χ2n) is 4.34. The Hall–Kier alpha value is -2.64. The van der Waals surface area contributed by atoms with Gasteiger partial charge in [0.25, 0.3) is 0 Å². The molecule has 3 rings (SSSR count). The number of nitrogens with zero attached hydrogens (tertiary/aromatic N) is 3. The summed E-state index contributed by atoms with van der Waals surface area (Å²) >= 11 is 0. The normalized spacial score (nSPS) is 12.0. The fourth-order valence-electron chi connectivity index (χ4n) is 1.98. The van der Waals surface area contributed by atoms with E-state index in [-0.39, 0.29) is 27.2 Å². The van der Waals surface area contributed by atoms with Crippen LogP contribution >= 0.6 is 0 Å². The van der Waals surface area contributed by atoms with Gasteiger partial charge in [-0.2, -0.15) is 4.68 Å². The predicted octanol–water partition coefficient (Wildman–Crippen LogP) is 3.30. The third-order valence-electron chi connectivity index (χ3n) is 2.94. The molecule has 2 aromatic heterocycles. The minimum atomic E-state index is -4.72. The first-order valence-electron chi connectivity index (χ1n) is 5.84. The van der Waals surface area contributed by atoms with Crippen LogP contribution in [0.15, 0.2) is 36.4 Å². The maximum absolute atomic E-state index is 12.9. The van der Waals surface area contributed by atoms with Gasteiger partial charge in [0.1, 0.15) is 5.82 Å². The zero-order chi connectivity index (χ0) is 15.2. The third kappa shape index (κ3) is 2.28. The Kier molecular flexibility index (Phi) is 2.82. The first kappa shape index (κ1) is 13.3. The third-order valence-corrected chi connectivity index (χ3v) is 2.94. The Morgan fingerprint density at radius 3 is 2.29 bits per heavy atom. The van der Waals surface area contributed by atoms with Gasteiger partial charge < -0.3 is 5.73 Å². The molecule has 3 aromatic rings. The highest BCUT2D eigenvalue weighted by atomic mass is 19.4. The Balaban J connectivity index is 2.21. The molecule has 0 atom stereocenters. The zero-order valence-corrected chi connectivity index (χ0v) is 10.4. The van der Waals surface area contributed by atoms with Gasteiger partial charge in [-0.05, 0) is 36.4 Å². The highest BCUT2D eigenvalue weighted by molar-refractivity contribution is 5.88. The van der Waals surface area contributed by atoms with E-state index in [0.717, 1.165) is 0 Å². The molecule has 0 saturated carbocycles. The standard InChI is InChI=1S/C13H8F4N4/c14-8-3-1-7(2-4-8)10-6-5-9-11(18)20-21(12(9)19-10)13(15,16)17/h1-6H,(H2,18,20). The molecule has 8 heteroatoms. The van der Waals surface area contributed by atoms with Crippen molar-refractivity contribution in [2.75, 3.05) is 5.73 Å². The van der Waals surface area contributed by atoms with Crippen LogP contribution in [0, 0.1) is 5.82 Å². The summed E-state index contributed by atoms with van der Waals surface area (Å²) < 4.78 is 51.3. The van der Waals surface area contributed by atoms with E-state index in [2.05, 4.69) is 10.1 Å². The number of hydrogen-bond acceptors (Lipinski definition) is 3. The van der Waals surface area contributed by atoms with Crippen molar-refractivity contribution in [3.8, 4) is 11.3 Å². The maximum atomic E-state index is 12.9. The quantitative estimate of drug-likeness (QED) is 0.701. The fraction of sp³-hybridized carbons (Fsp3) is 0.0769. The van der Waals surface area contributed by atoms with Gasteiger partial charge in [-0.3, -0.25) is 0 Å². The largest absolute Gasteiger partial charge is 0.506 e. The lowest BCUT2D eigenvalue weighted by molar-refractivity contribution is -0.209. The number of aromatic nitrogens is 3. The molecule has 0 spiro atoms. The molecule has 1 aromatic carbocycles. The number of benzene rings is 1. The monoisotopic (exact) mass is 296 g/mol. The van der Waals surface area contributed by atoms with E-state index in [1.54, 1.807) is 0 Å². The summed E-state index contributed by atoms with van der Waals surface area (Å²) in [5.41, 5.74) is 5.84. The highest BCUT2D eigenvalue weighted by Gasteiger charge is 2.35. The van der Waals surface area contributed by atoms with Crippen LogP contribution in [0.5, 0.6) is 0 Å². The number of pyridine rings is 1. The number of hydrogen-bond donors (Lipinski definition) is 1. The smallest absolute Gasteiger partial charge is 0.382 e. The van der Waals surface area contributed by atoms with Crippen LogP contribution in [0.4, 0.5) is 23.4 Å². The molecule has 0 bridgehead atoms. The number of nitrogen functional groups attached to an aromatic ring is 1. The highest BCUT2D eigenvalue weighted by Crippen LogP contribution is 2.30. The number of halogens is 4. The second kappa shape index (κ2) is 4.44. The molecule has 0 aliphatic carbocycles. The molecule has 0 saturated heterocycles. The molecule has 108 valence electrons. The molecule has 2 N–H and O–H groups in total. The van der Waals surface area contributed by atoms with Crippen molar-refractivity contribution in [2.45, 2.75) is 6.30 Å². The molecule has 21 heavy (non-hydrogen) atoms. The van der Waals surface area contributed by atoms with Gasteiger partial charge in [0.05, 0.1) is 11.1 Å². The van der Waals surface area contributed by atoms with Gasteiger partial charge in [0.15, 0.2) is 11.5 Å². The van der Waals surface area contributed by atoms with Crippen LogP contribution in [-0.2, 0) is 6.30 Å². The van der Waals surface area contributed by atoms with E-state index in [4.69, 9.17) is 5.73 Å². The van der Waals surface area contributed by atoms with Gasteiger partial charge in [0.2, 0.25) is 0 Å². The van der Waals surface area contributed by atoms with Crippen molar-refractivity contribution in [2.24, 2.45) is 0 Å². The molecule has 0 unspecified atom stereocenters. The average molecular weight is 296 g/mol. The van der Waals surface area contributed by atoms with Crippen LogP contribution in [0.3, 0.4) is 0 Å². The van der Waals surface area contributed by atoms with E-state index < -0.39 is 12.1 Å². The fourth-order valence-corrected chi connectivity index (χ4v) is 1.98. The van der Waals surface area contributed by atoms with Crippen molar-refractivity contribution in [1.82, 2.24) is 14.8 Å². The summed E-state index contributed by atoms with van der Waals surface area (Å²) in [4.78, 5) is 3.94. The van der Waals surface area contributed by atoms with Crippen molar-refractivity contribution < 1.29 is 17.6 Å². The van der Waals surface area contributed by atoms with E-state index in [1.165, 1.54) is 36.4 Å². The van der Waals surface area contributed by atoms with Crippen LogP contribution in [0.1, 0.15) is 0 Å². The SMILES string of the molecule is Nc1nn(C(F)(F)F)c2nc(-c3ccc(F)cc3)ccc12. The van der Waals surface area contributed by atoms with Gasteiger partial charge in [-0.1, -0.05) is 0 Å². The summed E-state index contributed by atoms with van der Waals surface area (Å²) in [6.07, 6.45) is -4.72. The minimum absolute atomic E-state index is 0.109. The molecular weight excluding hydrogens is 288 g/mol. The van der Waals surface area contributed by atoms with E-state index in [9.17, 15) is 17.6 Å². The average Bonchev–Trinajstić information content (AvgIpc) is 2.76. The predicted molar refractivity (Wildman–Crippen MR) is 68.6 cm³/mol. The van der Waals surface area contributed by atoms with Gasteiger partial charge >= 0.3 is 6.30 Å². The molecular formula is C13H8F4N4. The van der Waals surface area contributed by atoms with E-state index in [1.807, 2.05) is 0 Å². The van der Waals surface area contributed by atoms with Gasteiger partial charge in [0, 0.05) is 5.56 Å². The van der Waals surface area contributed by atoms with Gasteiger partial charge in [-0.25, -0.2) is 9.37 Å². The number of fused-ring (bicyclic) bond motifs is 1. The molecule has 0 amide bonds. The molecule has 0 fully saturated rings. The summed E-state index contributed by atoms with van der Waals surface area (Å²) in [6.45, 7) is 0. The van der Waals surface area contributed by atoms with Crippen LogP contribution in [0.2, 0.25) is 0 Å². The second-order valence-corrected chi connectivity index (χ2v) is 4.34. The minimum Gasteiger partial charge on any atom is -0.382 e. The van der Waals surface area contributed by atoms with Crippen molar-refractivity contribution in [3.05, 3.63) is 42.2 Å². The Morgan fingerprint density at radius 2 is 1.67 bits per heavy atom. The zero-order valence-electron chi connectivity index (χ0n) is 10.4. The molecule has 0 aliphatic heterocycles. The Morgan fingerprint density at radius 1 is 1.00 bits per heavy atom.